The van der Waals surface area contributed by atoms with Crippen LogP contribution in [0.1, 0.15) is 151 Å². The van der Waals surface area contributed by atoms with E-state index in [1.165, 1.54) is 57.8 Å². The number of carbonyl (C=O) groups excluding carboxylic acids is 2. The van der Waals surface area contributed by atoms with Crippen molar-refractivity contribution >= 4 is 21.8 Å². The highest BCUT2D eigenvalue weighted by Gasteiger charge is 2.73. The van der Waals surface area contributed by atoms with Crippen LogP contribution in [-0.4, -0.2) is 127 Å². The maximum Gasteiger partial charge on any atom is 0.309 e. The third-order valence-electron chi connectivity index (χ3n) is 23.1. The first kappa shape index (κ1) is 55.6. The summed E-state index contributed by atoms with van der Waals surface area (Å²) in [5.41, 5.74) is 1.30. The van der Waals surface area contributed by atoms with Crippen molar-refractivity contribution in [3.63, 3.8) is 0 Å². The van der Waals surface area contributed by atoms with Crippen molar-refractivity contribution in [2.24, 2.45) is 73.9 Å². The molecule has 9 rings (SSSR count). The van der Waals surface area contributed by atoms with E-state index in [2.05, 4.69) is 58.7 Å². The molecule has 1 heterocycles. The lowest BCUT2D eigenvalue weighted by molar-refractivity contribution is -0.250. The first-order valence-corrected chi connectivity index (χ1v) is 30.7. The number of methoxy groups -OCH3 is 1. The molecular weight excluding hydrogens is 941 g/mol. The lowest BCUT2D eigenvalue weighted by Crippen LogP contribution is -2.69. The summed E-state index contributed by atoms with van der Waals surface area (Å²) in [7, 11) is -1.37. The first-order chi connectivity index (χ1) is 34.6. The van der Waals surface area contributed by atoms with Crippen LogP contribution >= 0.6 is 0 Å². The van der Waals surface area contributed by atoms with Gasteiger partial charge in [0.15, 0.2) is 9.84 Å². The molecule has 1 aromatic carbocycles. The summed E-state index contributed by atoms with van der Waals surface area (Å²) in [6.07, 6.45) is 14.7. The quantitative estimate of drug-likeness (QED) is 0.0927. The first-order valence-electron chi connectivity index (χ1n) is 28.9. The van der Waals surface area contributed by atoms with E-state index < -0.39 is 15.3 Å². The van der Waals surface area contributed by atoms with Crippen molar-refractivity contribution in [2.75, 3.05) is 77.9 Å². The number of esters is 2. The molecule has 0 amide bonds. The molecule has 0 spiro atoms. The van der Waals surface area contributed by atoms with Gasteiger partial charge in [-0.05, 0) is 153 Å². The van der Waals surface area contributed by atoms with Crippen LogP contribution in [0.3, 0.4) is 0 Å². The molecule has 1 aliphatic heterocycles. The predicted octanol–water partition coefficient (Wildman–Crippen LogP) is 9.71. The molecule has 1 saturated heterocycles. The summed E-state index contributed by atoms with van der Waals surface area (Å²) >= 11 is 0. The van der Waals surface area contributed by atoms with Crippen LogP contribution in [-0.2, 0) is 54.5 Å². The Morgan fingerprint density at radius 2 is 1.37 bits per heavy atom. The molecule has 1 N–H and O–H groups in total. The number of hydrogen-bond acceptors (Lipinski definition) is 12. The van der Waals surface area contributed by atoms with Gasteiger partial charge in [-0.1, -0.05) is 85.7 Å². The maximum atomic E-state index is 14.2. The zero-order valence-electron chi connectivity index (χ0n) is 46.8. The predicted molar refractivity (Wildman–Crippen MR) is 284 cm³/mol. The van der Waals surface area contributed by atoms with E-state index in [1.54, 1.807) is 7.11 Å². The van der Waals surface area contributed by atoms with Crippen LogP contribution in [0.15, 0.2) is 30.3 Å². The molecule has 1 unspecified atom stereocenters. The standard InChI is InChI=1S/C60H96N2O10S/c1-41(70-35-34-69-33-32-68-31-30-67-10)47(62-28-36-73(65,66)37-29-62)39-61-60-23-18-43(56(6)24-25-56)51(60)44-16-17-49-57(7)21-20-50(55(4,5)48(57)19-22-59(49,9)58(44,8)26-27-60)72-53(64)46-38-45(54(46,2)3)52(63)71-40-42-14-12-11-13-15-42/h11-15,41,43-51,61H,16-40H2,1-10H3/t41-,43-,44-,45+,46-,47-,48+,49-,50+,51-,57+,58-,59-,60?/m1/s1. The molecule has 0 bridgehead atoms. The molecule has 0 radical (unpaired) electrons. The average molecular weight is 1040 g/mol. The number of hydrogen-bond donors (Lipinski definition) is 1. The minimum absolute atomic E-state index is 0.0535. The highest BCUT2D eigenvalue weighted by molar-refractivity contribution is 7.91. The normalized spacial score (nSPS) is 39.6. The minimum atomic E-state index is -3.03. The number of ether oxygens (including phenoxy) is 6. The van der Waals surface area contributed by atoms with Gasteiger partial charge in [-0.25, -0.2) is 8.42 Å². The number of carbonyl (C=O) groups is 2. The summed E-state index contributed by atoms with van der Waals surface area (Å²) < 4.78 is 60.9. The Kier molecular flexibility index (Phi) is 16.2. The molecule has 8 fully saturated rings. The van der Waals surface area contributed by atoms with Gasteiger partial charge in [-0.3, -0.25) is 14.5 Å². The number of sulfone groups is 1. The number of rotatable bonds is 21. The fraction of sp³-hybridized carbons (Fsp3) is 0.867. The zero-order valence-corrected chi connectivity index (χ0v) is 47.6. The molecule has 13 heteroatoms. The van der Waals surface area contributed by atoms with Crippen LogP contribution in [0.25, 0.3) is 0 Å². The van der Waals surface area contributed by atoms with Crippen LogP contribution in [0.4, 0.5) is 0 Å². The molecule has 73 heavy (non-hydrogen) atoms. The molecule has 14 atom stereocenters. The van der Waals surface area contributed by atoms with Gasteiger partial charge >= 0.3 is 11.9 Å². The van der Waals surface area contributed by atoms with Crippen LogP contribution in [0.2, 0.25) is 0 Å². The Balaban J connectivity index is 0.868. The lowest BCUT2D eigenvalue weighted by Gasteiger charge is -2.73. The SMILES string of the molecule is COCCOCCOCCO[C@H](C)[C@@H](CNC12CC[C@@H](C3(C)CC3)[C@@H]1[C@H]1CC[C@@H]3[C@@]4(C)CC[C@H](OC(=O)[C@H]5C[C@@H](C(=O)OCc6ccccc6)C5(C)C)C(C)(C)[C@@H]4CC[C@@]3(C)[C@]1(C)CC2)N1CCS(=O)(=O)CC1. The van der Waals surface area contributed by atoms with Crippen LogP contribution in [0, 0.1) is 73.9 Å². The second-order valence-electron chi connectivity index (χ2n) is 27.1. The van der Waals surface area contributed by atoms with Crippen molar-refractivity contribution in [1.82, 2.24) is 10.2 Å². The van der Waals surface area contributed by atoms with Crippen LogP contribution in [0.5, 0.6) is 0 Å². The second kappa shape index (κ2) is 21.3. The summed E-state index contributed by atoms with van der Waals surface area (Å²) in [5.74, 6) is 2.41. The van der Waals surface area contributed by atoms with E-state index in [0.717, 1.165) is 31.4 Å². The van der Waals surface area contributed by atoms with Crippen molar-refractivity contribution in [3.05, 3.63) is 35.9 Å². The monoisotopic (exact) mass is 1040 g/mol. The Morgan fingerprint density at radius 3 is 2.04 bits per heavy atom. The summed E-state index contributed by atoms with van der Waals surface area (Å²) in [5, 5.41) is 4.43. The van der Waals surface area contributed by atoms with Gasteiger partial charge < -0.3 is 33.7 Å². The minimum Gasteiger partial charge on any atom is -0.462 e. The van der Waals surface area contributed by atoms with Gasteiger partial charge in [0.1, 0.15) is 12.7 Å². The van der Waals surface area contributed by atoms with E-state index in [-0.39, 0.29) is 87.3 Å². The van der Waals surface area contributed by atoms with Crippen molar-refractivity contribution < 1.29 is 46.4 Å². The van der Waals surface area contributed by atoms with Crippen LogP contribution < -0.4 is 5.32 Å². The summed E-state index contributed by atoms with van der Waals surface area (Å²) in [4.78, 5) is 29.9. The third-order valence-corrected chi connectivity index (χ3v) is 24.7. The average Bonchev–Trinajstić information content (AvgIpc) is 3.97. The van der Waals surface area contributed by atoms with Crippen molar-refractivity contribution in [2.45, 2.75) is 176 Å². The Morgan fingerprint density at radius 1 is 0.699 bits per heavy atom. The molecular formula is C60H96N2O10S. The van der Waals surface area contributed by atoms with Gasteiger partial charge in [-0.2, -0.15) is 0 Å². The van der Waals surface area contributed by atoms with E-state index >= 15 is 0 Å². The van der Waals surface area contributed by atoms with Crippen molar-refractivity contribution in [1.29, 1.82) is 0 Å². The third kappa shape index (κ3) is 10.4. The lowest BCUT2D eigenvalue weighted by atomic mass is 9.32. The van der Waals surface area contributed by atoms with Gasteiger partial charge in [-0.15, -0.1) is 0 Å². The zero-order chi connectivity index (χ0) is 52.2. The molecule has 412 valence electrons. The largest absolute Gasteiger partial charge is 0.462 e. The second-order valence-corrected chi connectivity index (χ2v) is 29.4. The fourth-order valence-electron chi connectivity index (χ4n) is 18.0. The smallest absolute Gasteiger partial charge is 0.309 e. The highest BCUT2D eigenvalue weighted by Crippen LogP contribution is 2.78. The fourth-order valence-corrected chi connectivity index (χ4v) is 19.3. The Hall–Kier alpha value is -2.13. The van der Waals surface area contributed by atoms with E-state index in [0.29, 0.717) is 94.2 Å². The molecule has 7 saturated carbocycles. The number of benzene rings is 1. The van der Waals surface area contributed by atoms with Crippen molar-refractivity contribution in [3.8, 4) is 0 Å². The molecule has 12 nitrogen and oxygen atoms in total. The topological polar surface area (TPSA) is 139 Å². The Labute approximate surface area is 440 Å². The van der Waals surface area contributed by atoms with Gasteiger partial charge in [0.05, 0.1) is 69.1 Å². The van der Waals surface area contributed by atoms with E-state index in [1.807, 2.05) is 44.2 Å². The molecule has 7 aliphatic carbocycles. The Bertz CT molecular complexity index is 2190. The van der Waals surface area contributed by atoms with Gasteiger partial charge in [0, 0.05) is 43.7 Å². The molecule has 0 aromatic heterocycles. The number of fused-ring (bicyclic) bond motifs is 7. The van der Waals surface area contributed by atoms with E-state index in [4.69, 9.17) is 28.4 Å². The maximum absolute atomic E-state index is 14.2. The number of nitrogens with one attached hydrogen (secondary N) is 1. The molecule has 1 aromatic rings. The summed E-state index contributed by atoms with van der Waals surface area (Å²) in [6, 6.07) is 9.83. The van der Waals surface area contributed by atoms with Gasteiger partial charge in [0.2, 0.25) is 0 Å². The highest BCUT2D eigenvalue weighted by atomic mass is 32.2. The van der Waals surface area contributed by atoms with Gasteiger partial charge in [0.25, 0.3) is 0 Å². The molecule has 8 aliphatic rings. The summed E-state index contributed by atoms with van der Waals surface area (Å²) in [6.45, 7) is 27.0. The van der Waals surface area contributed by atoms with E-state index in [9.17, 15) is 18.0 Å². The number of nitrogens with zero attached hydrogens (tertiary/aromatic N) is 1.